The first-order valence-corrected chi connectivity index (χ1v) is 8.00. The van der Waals surface area contributed by atoms with Gasteiger partial charge in [-0.25, -0.2) is 13.1 Å². The zero-order valence-corrected chi connectivity index (χ0v) is 13.4. The Kier molecular flexibility index (Phi) is 4.80. The lowest BCUT2D eigenvalue weighted by Crippen LogP contribution is -2.36. The molecule has 0 fully saturated rings. The number of nitrogens with two attached hydrogens (primary N) is 1. The number of hydrogen-bond donors (Lipinski definition) is 2. The normalized spacial score (nSPS) is 13.9. The van der Waals surface area contributed by atoms with E-state index in [0.29, 0.717) is 15.7 Å². The van der Waals surface area contributed by atoms with E-state index in [1.807, 2.05) is 20.8 Å². The van der Waals surface area contributed by atoms with Crippen LogP contribution in [0.15, 0.2) is 21.5 Å². The third kappa shape index (κ3) is 3.46. The third-order valence-corrected chi connectivity index (χ3v) is 5.31. The molecule has 1 aromatic carbocycles. The largest absolute Gasteiger partial charge is 0.398 e. The number of benzene rings is 1. The van der Waals surface area contributed by atoms with Crippen LogP contribution in [0.1, 0.15) is 26.3 Å². The van der Waals surface area contributed by atoms with Crippen molar-refractivity contribution in [2.24, 2.45) is 5.92 Å². The van der Waals surface area contributed by atoms with E-state index in [1.165, 1.54) is 6.07 Å². The van der Waals surface area contributed by atoms with Crippen LogP contribution in [0.3, 0.4) is 0 Å². The van der Waals surface area contributed by atoms with Crippen LogP contribution in [0.5, 0.6) is 0 Å². The molecule has 1 unspecified atom stereocenters. The van der Waals surface area contributed by atoms with Crippen LogP contribution in [0.2, 0.25) is 0 Å². The smallest absolute Gasteiger partial charge is 0.241 e. The van der Waals surface area contributed by atoms with Gasteiger partial charge < -0.3 is 5.73 Å². The zero-order chi connectivity index (χ0) is 14.1. The molecule has 0 bridgehead atoms. The summed E-state index contributed by atoms with van der Waals surface area (Å²) in [6.45, 7) is 7.53. The average molecular weight is 335 g/mol. The number of anilines is 1. The molecule has 0 radical (unpaired) electrons. The molecule has 0 aliphatic carbocycles. The minimum absolute atomic E-state index is 0.126. The maximum Gasteiger partial charge on any atom is 0.241 e. The molecule has 1 rings (SSSR count). The molecule has 0 amide bonds. The summed E-state index contributed by atoms with van der Waals surface area (Å²) in [7, 11) is -3.53. The molecule has 102 valence electrons. The number of halogens is 1. The molecule has 0 aliphatic heterocycles. The second-order valence-corrected chi connectivity index (χ2v) is 7.33. The third-order valence-electron chi connectivity index (χ3n) is 2.92. The van der Waals surface area contributed by atoms with Gasteiger partial charge in [-0.3, -0.25) is 0 Å². The predicted molar refractivity (Wildman–Crippen MR) is 77.9 cm³/mol. The molecule has 0 spiro atoms. The topological polar surface area (TPSA) is 72.2 Å². The summed E-state index contributed by atoms with van der Waals surface area (Å²) in [6, 6.07) is 3.07. The summed E-state index contributed by atoms with van der Waals surface area (Å²) in [4.78, 5) is 0.232. The SMILES string of the molecule is Cc1cc(Br)c(N)cc1S(=O)(=O)NC(C)C(C)C. The minimum Gasteiger partial charge on any atom is -0.398 e. The molecule has 1 aromatic rings. The predicted octanol–water partition coefficient (Wildman–Crippen LogP) is 2.66. The van der Waals surface area contributed by atoms with Gasteiger partial charge in [0.25, 0.3) is 0 Å². The number of sulfonamides is 1. The summed E-state index contributed by atoms with van der Waals surface area (Å²) >= 11 is 3.28. The highest BCUT2D eigenvalue weighted by atomic mass is 79.9. The van der Waals surface area contributed by atoms with Gasteiger partial charge in [-0.2, -0.15) is 0 Å². The van der Waals surface area contributed by atoms with Crippen molar-refractivity contribution in [3.8, 4) is 0 Å². The molecule has 18 heavy (non-hydrogen) atoms. The van der Waals surface area contributed by atoms with Crippen molar-refractivity contribution in [2.75, 3.05) is 5.73 Å². The molecule has 0 aromatic heterocycles. The Morgan fingerprint density at radius 2 is 1.83 bits per heavy atom. The lowest BCUT2D eigenvalue weighted by molar-refractivity contribution is 0.476. The minimum atomic E-state index is -3.53. The number of rotatable bonds is 4. The Hall–Kier alpha value is -0.590. The van der Waals surface area contributed by atoms with Crippen molar-refractivity contribution in [1.29, 1.82) is 0 Å². The highest BCUT2D eigenvalue weighted by Gasteiger charge is 2.21. The number of aryl methyl sites for hydroxylation is 1. The van der Waals surface area contributed by atoms with E-state index in [2.05, 4.69) is 20.7 Å². The van der Waals surface area contributed by atoms with Crippen LogP contribution in [-0.4, -0.2) is 14.5 Å². The molecule has 0 saturated carbocycles. The standard InChI is InChI=1S/C12H19BrN2O2S/c1-7(2)9(4)15-18(16,17)12-6-11(14)10(13)5-8(12)3/h5-7,9,15H,14H2,1-4H3. The highest BCUT2D eigenvalue weighted by molar-refractivity contribution is 9.10. The van der Waals surface area contributed by atoms with Gasteiger partial charge in [0, 0.05) is 16.2 Å². The van der Waals surface area contributed by atoms with Gasteiger partial charge in [-0.15, -0.1) is 0 Å². The van der Waals surface area contributed by atoms with Crippen molar-refractivity contribution in [1.82, 2.24) is 4.72 Å². The van der Waals surface area contributed by atoms with E-state index in [4.69, 9.17) is 5.73 Å². The highest BCUT2D eigenvalue weighted by Crippen LogP contribution is 2.26. The second-order valence-electron chi connectivity index (χ2n) is 4.79. The van der Waals surface area contributed by atoms with Gasteiger partial charge in [0.1, 0.15) is 0 Å². The van der Waals surface area contributed by atoms with Crippen LogP contribution < -0.4 is 10.5 Å². The second kappa shape index (κ2) is 5.59. The maximum absolute atomic E-state index is 12.2. The van der Waals surface area contributed by atoms with Crippen molar-refractivity contribution in [2.45, 2.75) is 38.6 Å². The molecule has 6 heteroatoms. The monoisotopic (exact) mass is 334 g/mol. The maximum atomic E-state index is 12.2. The number of hydrogen-bond acceptors (Lipinski definition) is 3. The number of nitrogens with one attached hydrogen (secondary N) is 1. The molecule has 1 atom stereocenters. The molecule has 0 aliphatic rings. The summed E-state index contributed by atoms with van der Waals surface area (Å²) in [5.41, 5.74) is 6.82. The van der Waals surface area contributed by atoms with Gasteiger partial charge in [-0.05, 0) is 53.4 Å². The lowest BCUT2D eigenvalue weighted by atomic mass is 10.1. The van der Waals surface area contributed by atoms with Gasteiger partial charge in [0.2, 0.25) is 10.0 Å². The van der Waals surface area contributed by atoms with E-state index in [-0.39, 0.29) is 16.9 Å². The van der Waals surface area contributed by atoms with E-state index in [1.54, 1.807) is 13.0 Å². The summed E-state index contributed by atoms with van der Waals surface area (Å²) in [6.07, 6.45) is 0. The van der Waals surface area contributed by atoms with Gasteiger partial charge in [0.15, 0.2) is 0 Å². The van der Waals surface area contributed by atoms with Crippen molar-refractivity contribution in [3.05, 3.63) is 22.2 Å². The van der Waals surface area contributed by atoms with Crippen molar-refractivity contribution >= 4 is 31.6 Å². The lowest BCUT2D eigenvalue weighted by Gasteiger charge is -2.18. The van der Waals surface area contributed by atoms with E-state index < -0.39 is 10.0 Å². The van der Waals surface area contributed by atoms with Crippen LogP contribution in [0.4, 0.5) is 5.69 Å². The van der Waals surface area contributed by atoms with Crippen LogP contribution >= 0.6 is 15.9 Å². The fourth-order valence-corrected chi connectivity index (χ4v) is 3.51. The van der Waals surface area contributed by atoms with Gasteiger partial charge in [0.05, 0.1) is 4.90 Å². The fourth-order valence-electron chi connectivity index (χ4n) is 1.40. The van der Waals surface area contributed by atoms with Gasteiger partial charge in [-0.1, -0.05) is 13.8 Å². The van der Waals surface area contributed by atoms with Crippen LogP contribution in [0.25, 0.3) is 0 Å². The first-order valence-electron chi connectivity index (χ1n) is 5.73. The Bertz CT molecular complexity index is 541. The first-order chi connectivity index (χ1) is 8.15. The molecular weight excluding hydrogens is 316 g/mol. The summed E-state index contributed by atoms with van der Waals surface area (Å²) in [5, 5.41) is 0. The molecule has 0 heterocycles. The Morgan fingerprint density at radius 3 is 2.33 bits per heavy atom. The van der Waals surface area contributed by atoms with E-state index in [9.17, 15) is 8.42 Å². The Balaban J connectivity index is 3.17. The first kappa shape index (κ1) is 15.5. The van der Waals surface area contributed by atoms with Crippen LogP contribution in [-0.2, 0) is 10.0 Å². The summed E-state index contributed by atoms with van der Waals surface area (Å²) in [5.74, 6) is 0.230. The van der Waals surface area contributed by atoms with E-state index in [0.717, 1.165) is 0 Å². The molecule has 3 N–H and O–H groups in total. The zero-order valence-electron chi connectivity index (χ0n) is 11.0. The van der Waals surface area contributed by atoms with Gasteiger partial charge >= 0.3 is 0 Å². The fraction of sp³-hybridized carbons (Fsp3) is 0.500. The average Bonchev–Trinajstić information content (AvgIpc) is 2.22. The van der Waals surface area contributed by atoms with Crippen LogP contribution in [0, 0.1) is 12.8 Å². The molecular formula is C12H19BrN2O2S. The summed E-state index contributed by atoms with van der Waals surface area (Å²) < 4.78 is 27.9. The number of nitrogen functional groups attached to an aromatic ring is 1. The van der Waals surface area contributed by atoms with E-state index >= 15 is 0 Å². The Labute approximate surface area is 117 Å². The van der Waals surface area contributed by atoms with Crippen molar-refractivity contribution < 1.29 is 8.42 Å². The quantitative estimate of drug-likeness (QED) is 0.831. The van der Waals surface area contributed by atoms with Crippen molar-refractivity contribution in [3.63, 3.8) is 0 Å². The molecule has 4 nitrogen and oxygen atoms in total. The Morgan fingerprint density at radius 1 is 1.28 bits per heavy atom. The molecule has 0 saturated heterocycles.